The van der Waals surface area contributed by atoms with Crippen LogP contribution in [0.3, 0.4) is 0 Å². The first kappa shape index (κ1) is 12.0. The van der Waals surface area contributed by atoms with E-state index >= 15 is 0 Å². The van der Waals surface area contributed by atoms with Gasteiger partial charge in [-0.2, -0.15) is 5.10 Å². The van der Waals surface area contributed by atoms with Gasteiger partial charge in [0.1, 0.15) is 12.4 Å². The summed E-state index contributed by atoms with van der Waals surface area (Å²) < 4.78 is 7.35. The SMILES string of the molecule is OCc1cccc(Cl)c1OCCn1cccn1. The molecule has 0 bridgehead atoms. The van der Waals surface area contributed by atoms with Gasteiger partial charge in [0.15, 0.2) is 0 Å². The lowest BCUT2D eigenvalue weighted by Crippen LogP contribution is -2.09. The van der Waals surface area contributed by atoms with Crippen LogP contribution in [0.5, 0.6) is 5.75 Å². The number of halogens is 1. The molecular formula is C12H13ClN2O2. The predicted octanol–water partition coefficient (Wildman–Crippen LogP) is 2.11. The van der Waals surface area contributed by atoms with Gasteiger partial charge in [0.05, 0.1) is 18.2 Å². The first-order valence-corrected chi connectivity index (χ1v) is 5.67. The zero-order chi connectivity index (χ0) is 12.1. The van der Waals surface area contributed by atoms with Gasteiger partial charge in [-0.3, -0.25) is 4.68 Å². The maximum atomic E-state index is 9.17. The zero-order valence-corrected chi connectivity index (χ0v) is 9.97. The molecule has 0 unspecified atom stereocenters. The standard InChI is InChI=1S/C12H13ClN2O2/c13-11-4-1-3-10(9-16)12(11)17-8-7-15-6-2-5-14-15/h1-6,16H,7-9H2. The van der Waals surface area contributed by atoms with Crippen LogP contribution < -0.4 is 4.74 Å². The summed E-state index contributed by atoms with van der Waals surface area (Å²) >= 11 is 6.01. The van der Waals surface area contributed by atoms with Gasteiger partial charge in [-0.1, -0.05) is 23.7 Å². The van der Waals surface area contributed by atoms with E-state index in [1.54, 1.807) is 29.1 Å². The molecule has 2 aromatic rings. The fraction of sp³-hybridized carbons (Fsp3) is 0.250. The van der Waals surface area contributed by atoms with Crippen LogP contribution in [-0.4, -0.2) is 21.5 Å². The third-order valence-corrected chi connectivity index (χ3v) is 2.64. The van der Waals surface area contributed by atoms with Gasteiger partial charge in [0.2, 0.25) is 0 Å². The van der Waals surface area contributed by atoms with Crippen molar-refractivity contribution in [2.45, 2.75) is 13.2 Å². The number of hydrogen-bond acceptors (Lipinski definition) is 3. The molecule has 1 aromatic heterocycles. The molecule has 0 saturated carbocycles. The number of aliphatic hydroxyl groups excluding tert-OH is 1. The number of aromatic nitrogens is 2. The fourth-order valence-corrected chi connectivity index (χ4v) is 1.76. The molecule has 0 saturated heterocycles. The van der Waals surface area contributed by atoms with Crippen molar-refractivity contribution in [3.05, 3.63) is 47.2 Å². The third-order valence-electron chi connectivity index (χ3n) is 2.34. The van der Waals surface area contributed by atoms with Crippen molar-refractivity contribution < 1.29 is 9.84 Å². The Morgan fingerprint density at radius 2 is 2.24 bits per heavy atom. The van der Waals surface area contributed by atoms with Crippen molar-refractivity contribution in [2.75, 3.05) is 6.61 Å². The van der Waals surface area contributed by atoms with E-state index in [2.05, 4.69) is 5.10 Å². The van der Waals surface area contributed by atoms with Gasteiger partial charge < -0.3 is 9.84 Å². The van der Waals surface area contributed by atoms with Crippen LogP contribution in [0.1, 0.15) is 5.56 Å². The second kappa shape index (κ2) is 5.70. The summed E-state index contributed by atoms with van der Waals surface area (Å²) in [7, 11) is 0. The maximum absolute atomic E-state index is 9.17. The molecule has 0 aliphatic carbocycles. The Morgan fingerprint density at radius 1 is 1.35 bits per heavy atom. The summed E-state index contributed by atoms with van der Waals surface area (Å²) in [4.78, 5) is 0. The molecular weight excluding hydrogens is 240 g/mol. The molecule has 2 rings (SSSR count). The van der Waals surface area contributed by atoms with Crippen molar-refractivity contribution in [1.29, 1.82) is 0 Å². The van der Waals surface area contributed by atoms with E-state index in [0.29, 0.717) is 29.5 Å². The Hall–Kier alpha value is -1.52. The monoisotopic (exact) mass is 252 g/mol. The minimum atomic E-state index is -0.0857. The predicted molar refractivity (Wildman–Crippen MR) is 65.1 cm³/mol. The average molecular weight is 253 g/mol. The van der Waals surface area contributed by atoms with E-state index < -0.39 is 0 Å². The highest BCUT2D eigenvalue weighted by Gasteiger charge is 2.07. The van der Waals surface area contributed by atoms with Gasteiger partial charge in [0, 0.05) is 18.0 Å². The van der Waals surface area contributed by atoms with Crippen LogP contribution in [0.25, 0.3) is 0 Å². The number of nitrogens with zero attached hydrogens (tertiary/aromatic N) is 2. The van der Waals surface area contributed by atoms with Crippen LogP contribution in [-0.2, 0) is 13.2 Å². The van der Waals surface area contributed by atoms with E-state index in [1.165, 1.54) is 0 Å². The first-order valence-electron chi connectivity index (χ1n) is 5.29. The van der Waals surface area contributed by atoms with Gasteiger partial charge in [-0.05, 0) is 12.1 Å². The van der Waals surface area contributed by atoms with E-state index in [-0.39, 0.29) is 6.61 Å². The number of rotatable bonds is 5. The highest BCUT2D eigenvalue weighted by Crippen LogP contribution is 2.28. The number of benzene rings is 1. The number of hydrogen-bond donors (Lipinski definition) is 1. The van der Waals surface area contributed by atoms with Crippen molar-refractivity contribution in [3.8, 4) is 5.75 Å². The van der Waals surface area contributed by atoms with E-state index in [0.717, 1.165) is 0 Å². The van der Waals surface area contributed by atoms with Gasteiger partial charge in [-0.15, -0.1) is 0 Å². The van der Waals surface area contributed by atoms with Crippen LogP contribution in [0.2, 0.25) is 5.02 Å². The molecule has 5 heteroatoms. The van der Waals surface area contributed by atoms with E-state index in [1.807, 2.05) is 12.3 Å². The minimum Gasteiger partial charge on any atom is -0.490 e. The summed E-state index contributed by atoms with van der Waals surface area (Å²) in [5.41, 5.74) is 0.693. The molecule has 0 atom stereocenters. The van der Waals surface area contributed by atoms with Crippen LogP contribution >= 0.6 is 11.6 Å². The van der Waals surface area contributed by atoms with Gasteiger partial charge >= 0.3 is 0 Å². The van der Waals surface area contributed by atoms with Crippen LogP contribution in [0, 0.1) is 0 Å². The summed E-state index contributed by atoms with van der Waals surface area (Å²) in [5, 5.41) is 13.7. The van der Waals surface area contributed by atoms with E-state index in [4.69, 9.17) is 21.4 Å². The lowest BCUT2D eigenvalue weighted by Gasteiger charge is -2.11. The normalized spacial score (nSPS) is 10.5. The van der Waals surface area contributed by atoms with Crippen molar-refractivity contribution >= 4 is 11.6 Å². The molecule has 1 N–H and O–H groups in total. The Morgan fingerprint density at radius 3 is 2.94 bits per heavy atom. The molecule has 4 nitrogen and oxygen atoms in total. The summed E-state index contributed by atoms with van der Waals surface area (Å²) in [6.07, 6.45) is 3.58. The topological polar surface area (TPSA) is 47.3 Å². The maximum Gasteiger partial charge on any atom is 0.143 e. The smallest absolute Gasteiger partial charge is 0.143 e. The quantitative estimate of drug-likeness (QED) is 0.887. The van der Waals surface area contributed by atoms with Gasteiger partial charge in [-0.25, -0.2) is 0 Å². The third kappa shape index (κ3) is 2.99. The largest absolute Gasteiger partial charge is 0.490 e. The highest BCUT2D eigenvalue weighted by molar-refractivity contribution is 6.32. The molecule has 0 spiro atoms. The lowest BCUT2D eigenvalue weighted by atomic mass is 10.2. The molecule has 0 amide bonds. The zero-order valence-electron chi connectivity index (χ0n) is 9.21. The Bertz CT molecular complexity index is 471. The van der Waals surface area contributed by atoms with Crippen molar-refractivity contribution in [2.24, 2.45) is 0 Å². The van der Waals surface area contributed by atoms with Gasteiger partial charge in [0.25, 0.3) is 0 Å². The molecule has 1 aromatic carbocycles. The van der Waals surface area contributed by atoms with E-state index in [9.17, 15) is 0 Å². The minimum absolute atomic E-state index is 0.0857. The second-order valence-corrected chi connectivity index (χ2v) is 3.91. The highest BCUT2D eigenvalue weighted by atomic mass is 35.5. The Balaban J connectivity index is 1.98. The van der Waals surface area contributed by atoms with Crippen molar-refractivity contribution in [3.63, 3.8) is 0 Å². The van der Waals surface area contributed by atoms with Crippen LogP contribution in [0.4, 0.5) is 0 Å². The summed E-state index contributed by atoms with van der Waals surface area (Å²) in [6.45, 7) is 1.01. The fourth-order valence-electron chi connectivity index (χ4n) is 1.51. The first-order chi connectivity index (χ1) is 8.31. The number of para-hydroxylation sites is 1. The molecule has 90 valence electrons. The second-order valence-electron chi connectivity index (χ2n) is 3.50. The molecule has 1 heterocycles. The Kier molecular flexibility index (Phi) is 4.01. The number of ether oxygens (including phenoxy) is 1. The summed E-state index contributed by atoms with van der Waals surface area (Å²) in [5.74, 6) is 0.545. The Labute approximate surface area is 104 Å². The average Bonchev–Trinajstić information content (AvgIpc) is 2.84. The lowest BCUT2D eigenvalue weighted by molar-refractivity contribution is 0.256. The molecule has 0 radical (unpaired) electrons. The summed E-state index contributed by atoms with van der Waals surface area (Å²) in [6, 6.07) is 7.17. The molecule has 0 aliphatic rings. The van der Waals surface area contributed by atoms with Crippen LogP contribution in [0.15, 0.2) is 36.7 Å². The molecule has 0 fully saturated rings. The molecule has 17 heavy (non-hydrogen) atoms. The van der Waals surface area contributed by atoms with Crippen molar-refractivity contribution in [1.82, 2.24) is 9.78 Å². The number of aliphatic hydroxyl groups is 1. The molecule has 0 aliphatic heterocycles.